The molecule has 0 radical (unpaired) electrons. The molecule has 0 aliphatic rings. The summed E-state index contributed by atoms with van der Waals surface area (Å²) in [5.41, 5.74) is 0. The van der Waals surface area contributed by atoms with Crippen LogP contribution in [0.4, 0.5) is 0 Å². The Balaban J connectivity index is 4.05. The zero-order chi connectivity index (χ0) is 10.7. The number of nitrogens with zero attached hydrogens (tertiary/aromatic N) is 1. The summed E-state index contributed by atoms with van der Waals surface area (Å²) >= 11 is 0. The zero-order valence-electron chi connectivity index (χ0n) is 7.32. The predicted octanol–water partition coefficient (Wildman–Crippen LogP) is -0.157. The third-order valence-corrected chi connectivity index (χ3v) is 3.49. The Bertz CT molecular complexity index is 247. The Hall–Kier alpha value is 0.260. The molecule has 0 bridgehead atoms. The molecule has 0 aliphatic heterocycles. The maximum absolute atomic E-state index is 11.0. The van der Waals surface area contributed by atoms with Gasteiger partial charge in [-0.1, -0.05) is 0 Å². The Kier molecular flexibility index (Phi) is 4.76. The molecule has 0 amide bonds. The second kappa shape index (κ2) is 4.66. The van der Waals surface area contributed by atoms with Gasteiger partial charge in [0.15, 0.2) is 0 Å². The van der Waals surface area contributed by atoms with Crippen molar-refractivity contribution in [1.82, 2.24) is 5.06 Å². The maximum atomic E-state index is 11.0. The molecule has 1 unspecified atom stereocenters. The second-order valence-corrected chi connectivity index (χ2v) is 6.31. The molecule has 0 aromatic rings. The number of hydrogen-bond donors (Lipinski definition) is 3. The van der Waals surface area contributed by atoms with Crippen LogP contribution in [0.3, 0.4) is 0 Å². The van der Waals surface area contributed by atoms with Crippen molar-refractivity contribution in [1.29, 1.82) is 0 Å². The first kappa shape index (κ1) is 13.3. The van der Waals surface area contributed by atoms with Crippen LogP contribution in [0.15, 0.2) is 0 Å². The average Bonchev–Trinajstić information content (AvgIpc) is 1.79. The van der Waals surface area contributed by atoms with E-state index in [1.54, 1.807) is 0 Å². The van der Waals surface area contributed by atoms with E-state index in [1.807, 2.05) is 0 Å². The van der Waals surface area contributed by atoms with Crippen LogP contribution in [0.25, 0.3) is 0 Å². The van der Waals surface area contributed by atoms with E-state index in [2.05, 4.69) is 4.62 Å². The Morgan fingerprint density at radius 3 is 1.92 bits per heavy atom. The highest BCUT2D eigenvalue weighted by molar-refractivity contribution is 7.56. The fourth-order valence-electron chi connectivity index (χ4n) is 0.553. The minimum absolute atomic E-state index is 0.560. The Labute approximate surface area is 76.0 Å². The maximum Gasteiger partial charge on any atom is 0.345 e. The van der Waals surface area contributed by atoms with E-state index in [9.17, 15) is 9.13 Å². The monoisotopic (exact) mass is 233 g/mol. The van der Waals surface area contributed by atoms with Crippen molar-refractivity contribution in [3.05, 3.63) is 0 Å². The molecule has 0 aliphatic carbocycles. The van der Waals surface area contributed by atoms with Crippen LogP contribution in [-0.2, 0) is 13.8 Å². The standard InChI is InChI=1S/C4H13NO6P2/c1-5(2)11-13(9,10)4-3-12(6,7)8/h3-4H2,1-2H3,(H,9,10)(H2,6,7,8). The number of rotatable bonds is 5. The van der Waals surface area contributed by atoms with Crippen LogP contribution in [0, 0.1) is 0 Å². The van der Waals surface area contributed by atoms with Crippen molar-refractivity contribution in [3.63, 3.8) is 0 Å². The smallest absolute Gasteiger partial charge is 0.324 e. The molecular formula is C4H13NO6P2. The van der Waals surface area contributed by atoms with Crippen LogP contribution in [0.2, 0.25) is 0 Å². The Morgan fingerprint density at radius 2 is 1.62 bits per heavy atom. The first-order valence-electron chi connectivity index (χ1n) is 3.36. The van der Waals surface area contributed by atoms with Gasteiger partial charge in [-0.05, 0) is 0 Å². The first-order chi connectivity index (χ1) is 5.62. The molecule has 0 saturated carbocycles. The third kappa shape index (κ3) is 8.59. The summed E-state index contributed by atoms with van der Waals surface area (Å²) in [5.74, 6) is 0. The van der Waals surface area contributed by atoms with E-state index in [0.29, 0.717) is 0 Å². The highest BCUT2D eigenvalue weighted by atomic mass is 31.2. The van der Waals surface area contributed by atoms with Crippen molar-refractivity contribution >= 4 is 15.2 Å². The lowest BCUT2D eigenvalue weighted by Gasteiger charge is -2.16. The molecule has 9 heteroatoms. The largest absolute Gasteiger partial charge is 0.345 e. The molecule has 80 valence electrons. The molecule has 0 saturated heterocycles. The fraction of sp³-hybridized carbons (Fsp3) is 1.00. The quantitative estimate of drug-likeness (QED) is 0.447. The van der Waals surface area contributed by atoms with E-state index in [1.165, 1.54) is 14.1 Å². The van der Waals surface area contributed by atoms with Gasteiger partial charge in [0.2, 0.25) is 0 Å². The van der Waals surface area contributed by atoms with Gasteiger partial charge in [0.05, 0.1) is 12.3 Å². The van der Waals surface area contributed by atoms with Crippen LogP contribution in [0.1, 0.15) is 0 Å². The highest BCUT2D eigenvalue weighted by Gasteiger charge is 2.26. The summed E-state index contributed by atoms with van der Waals surface area (Å²) in [6.45, 7) is 0. The average molecular weight is 233 g/mol. The molecule has 1 atom stereocenters. The summed E-state index contributed by atoms with van der Waals surface area (Å²) in [7, 11) is -5.34. The molecule has 0 heterocycles. The Morgan fingerprint density at radius 1 is 1.15 bits per heavy atom. The van der Waals surface area contributed by atoms with Crippen LogP contribution in [-0.4, -0.2) is 46.2 Å². The molecule has 3 N–H and O–H groups in total. The summed E-state index contributed by atoms with van der Waals surface area (Å²) in [4.78, 5) is 25.8. The summed E-state index contributed by atoms with van der Waals surface area (Å²) in [5, 5.41) is 1.01. The highest BCUT2D eigenvalue weighted by Crippen LogP contribution is 2.47. The van der Waals surface area contributed by atoms with E-state index in [0.717, 1.165) is 5.06 Å². The van der Waals surface area contributed by atoms with Gasteiger partial charge in [-0.15, -0.1) is 0 Å². The minimum Gasteiger partial charge on any atom is -0.324 e. The molecule has 0 rings (SSSR count). The van der Waals surface area contributed by atoms with E-state index < -0.39 is 27.5 Å². The van der Waals surface area contributed by atoms with Crippen LogP contribution < -0.4 is 0 Å². The molecule has 0 aromatic carbocycles. The first-order valence-corrected chi connectivity index (χ1v) is 6.92. The van der Waals surface area contributed by atoms with E-state index in [4.69, 9.17) is 14.7 Å². The van der Waals surface area contributed by atoms with Crippen molar-refractivity contribution < 1.29 is 28.4 Å². The van der Waals surface area contributed by atoms with Crippen molar-refractivity contribution in [2.45, 2.75) is 0 Å². The van der Waals surface area contributed by atoms with E-state index in [-0.39, 0.29) is 0 Å². The van der Waals surface area contributed by atoms with Crippen LogP contribution >= 0.6 is 15.2 Å². The molecule has 13 heavy (non-hydrogen) atoms. The summed E-state index contributed by atoms with van der Waals surface area (Å²) in [6, 6.07) is 0. The SMILES string of the molecule is CN(C)OP(=O)(O)CCP(=O)(O)O. The van der Waals surface area contributed by atoms with Gasteiger partial charge in [-0.3, -0.25) is 9.13 Å². The second-order valence-electron chi connectivity index (χ2n) is 2.64. The van der Waals surface area contributed by atoms with Gasteiger partial charge in [-0.25, -0.2) is 4.62 Å². The number of hydrogen-bond acceptors (Lipinski definition) is 4. The van der Waals surface area contributed by atoms with Gasteiger partial charge >= 0.3 is 15.2 Å². The third-order valence-electron chi connectivity index (χ3n) is 0.965. The van der Waals surface area contributed by atoms with Crippen molar-refractivity contribution in [2.75, 3.05) is 26.4 Å². The zero-order valence-corrected chi connectivity index (χ0v) is 9.11. The number of hydroxylamine groups is 2. The topological polar surface area (TPSA) is 107 Å². The molecule has 7 nitrogen and oxygen atoms in total. The van der Waals surface area contributed by atoms with E-state index >= 15 is 0 Å². The van der Waals surface area contributed by atoms with Crippen molar-refractivity contribution in [3.8, 4) is 0 Å². The predicted molar refractivity (Wildman–Crippen MR) is 46.4 cm³/mol. The summed E-state index contributed by atoms with van der Waals surface area (Å²) in [6.07, 6.45) is -1.22. The molecular weight excluding hydrogens is 220 g/mol. The van der Waals surface area contributed by atoms with Crippen LogP contribution in [0.5, 0.6) is 0 Å². The minimum atomic E-state index is -4.24. The van der Waals surface area contributed by atoms with Crippen molar-refractivity contribution in [2.24, 2.45) is 0 Å². The molecule has 0 spiro atoms. The van der Waals surface area contributed by atoms with Gasteiger partial charge in [0.1, 0.15) is 0 Å². The molecule has 0 aromatic heterocycles. The normalized spacial score (nSPS) is 17.4. The summed E-state index contributed by atoms with van der Waals surface area (Å²) < 4.78 is 25.8. The van der Waals surface area contributed by atoms with Gasteiger partial charge in [0, 0.05) is 14.1 Å². The van der Waals surface area contributed by atoms with Gasteiger partial charge < -0.3 is 14.7 Å². The lowest BCUT2D eigenvalue weighted by atomic mass is 11.0. The molecule has 0 fully saturated rings. The lowest BCUT2D eigenvalue weighted by Crippen LogP contribution is -2.12. The lowest BCUT2D eigenvalue weighted by molar-refractivity contribution is -0.0142. The van der Waals surface area contributed by atoms with Gasteiger partial charge in [-0.2, -0.15) is 5.06 Å². The van der Waals surface area contributed by atoms with Gasteiger partial charge in [0.25, 0.3) is 0 Å². The fourth-order valence-corrected chi connectivity index (χ4v) is 3.20.